The molecule has 1 aromatic heterocycles. The van der Waals surface area contributed by atoms with E-state index in [1.54, 1.807) is 12.3 Å². The topological polar surface area (TPSA) is 45.6 Å². The van der Waals surface area contributed by atoms with Gasteiger partial charge in [-0.3, -0.25) is 9.88 Å². The molecule has 18 heavy (non-hydrogen) atoms. The number of benzene rings is 1. The third-order valence-electron chi connectivity index (χ3n) is 3.36. The Balaban J connectivity index is 1.96. The maximum Gasteiger partial charge on any atom is 0.120 e. The molecule has 0 atom stereocenters. The van der Waals surface area contributed by atoms with Crippen molar-refractivity contribution in [2.45, 2.75) is 6.54 Å². The van der Waals surface area contributed by atoms with Gasteiger partial charge in [0.2, 0.25) is 0 Å². The summed E-state index contributed by atoms with van der Waals surface area (Å²) in [7, 11) is 0. The summed E-state index contributed by atoms with van der Waals surface area (Å²) in [6, 6.07) is 7.50. The van der Waals surface area contributed by atoms with E-state index >= 15 is 0 Å². The van der Waals surface area contributed by atoms with Gasteiger partial charge in [-0.25, -0.2) is 0 Å². The van der Waals surface area contributed by atoms with Gasteiger partial charge in [0.05, 0.1) is 18.7 Å². The SMILES string of the molecule is Oc1ccc2ncccc2c1CN1CCOCC1. The van der Waals surface area contributed by atoms with E-state index in [0.29, 0.717) is 5.75 Å². The summed E-state index contributed by atoms with van der Waals surface area (Å²) in [5.74, 6) is 0.349. The van der Waals surface area contributed by atoms with E-state index in [0.717, 1.165) is 49.3 Å². The van der Waals surface area contributed by atoms with E-state index in [4.69, 9.17) is 4.74 Å². The molecule has 2 aromatic rings. The van der Waals surface area contributed by atoms with Gasteiger partial charge in [-0.1, -0.05) is 6.07 Å². The standard InChI is InChI=1S/C14H16N2O2/c17-14-4-3-13-11(2-1-5-15-13)12(14)10-16-6-8-18-9-7-16/h1-5,17H,6-10H2. The fourth-order valence-corrected chi connectivity index (χ4v) is 2.35. The maximum atomic E-state index is 10.1. The van der Waals surface area contributed by atoms with E-state index in [1.807, 2.05) is 18.2 Å². The summed E-state index contributed by atoms with van der Waals surface area (Å²) in [4.78, 5) is 6.62. The number of phenols is 1. The van der Waals surface area contributed by atoms with Gasteiger partial charge in [0.25, 0.3) is 0 Å². The largest absolute Gasteiger partial charge is 0.508 e. The van der Waals surface area contributed by atoms with Gasteiger partial charge in [0, 0.05) is 36.8 Å². The molecule has 0 aliphatic carbocycles. The average Bonchev–Trinajstić information content (AvgIpc) is 2.43. The van der Waals surface area contributed by atoms with Crippen LogP contribution in [0.4, 0.5) is 0 Å². The highest BCUT2D eigenvalue weighted by atomic mass is 16.5. The highest BCUT2D eigenvalue weighted by molar-refractivity contribution is 5.84. The lowest BCUT2D eigenvalue weighted by Crippen LogP contribution is -2.35. The minimum absolute atomic E-state index is 0.349. The molecule has 1 aromatic carbocycles. The van der Waals surface area contributed by atoms with Gasteiger partial charge in [-0.05, 0) is 18.2 Å². The van der Waals surface area contributed by atoms with Crippen LogP contribution in [0.1, 0.15) is 5.56 Å². The molecule has 0 saturated carbocycles. The summed E-state index contributed by atoms with van der Waals surface area (Å²) < 4.78 is 5.34. The molecule has 0 spiro atoms. The van der Waals surface area contributed by atoms with E-state index in [2.05, 4.69) is 9.88 Å². The third kappa shape index (κ3) is 2.17. The van der Waals surface area contributed by atoms with Crippen LogP contribution in [0.15, 0.2) is 30.5 Å². The van der Waals surface area contributed by atoms with Gasteiger partial charge in [0.1, 0.15) is 5.75 Å². The summed E-state index contributed by atoms with van der Waals surface area (Å²) in [6.07, 6.45) is 1.78. The molecule has 3 rings (SSSR count). The summed E-state index contributed by atoms with van der Waals surface area (Å²) in [6.45, 7) is 4.11. The molecule has 0 unspecified atom stereocenters. The Kier molecular flexibility index (Phi) is 3.13. The number of pyridine rings is 1. The zero-order valence-corrected chi connectivity index (χ0v) is 10.2. The van der Waals surface area contributed by atoms with Gasteiger partial charge in [0.15, 0.2) is 0 Å². The van der Waals surface area contributed by atoms with Crippen LogP contribution in [-0.2, 0) is 11.3 Å². The first-order valence-corrected chi connectivity index (χ1v) is 6.20. The molecule has 1 saturated heterocycles. The number of fused-ring (bicyclic) bond motifs is 1. The molecule has 0 amide bonds. The molecule has 1 fully saturated rings. The Morgan fingerprint density at radius 1 is 1.22 bits per heavy atom. The van der Waals surface area contributed by atoms with Gasteiger partial charge in [-0.15, -0.1) is 0 Å². The smallest absolute Gasteiger partial charge is 0.120 e. The Bertz CT molecular complexity index is 550. The first kappa shape index (κ1) is 11.4. The second-order valence-corrected chi connectivity index (χ2v) is 4.52. The highest BCUT2D eigenvalue weighted by Crippen LogP contribution is 2.27. The number of ether oxygens (including phenoxy) is 1. The quantitative estimate of drug-likeness (QED) is 0.874. The number of phenolic OH excluding ortho intramolecular Hbond substituents is 1. The van der Waals surface area contributed by atoms with Gasteiger partial charge < -0.3 is 9.84 Å². The van der Waals surface area contributed by atoms with Crippen molar-refractivity contribution in [3.63, 3.8) is 0 Å². The Morgan fingerprint density at radius 2 is 2.06 bits per heavy atom. The monoisotopic (exact) mass is 244 g/mol. The second kappa shape index (κ2) is 4.92. The van der Waals surface area contributed by atoms with E-state index < -0.39 is 0 Å². The van der Waals surface area contributed by atoms with Crippen molar-refractivity contribution in [1.29, 1.82) is 0 Å². The molecule has 4 nitrogen and oxygen atoms in total. The van der Waals surface area contributed by atoms with E-state index in [9.17, 15) is 5.11 Å². The predicted octanol–water partition coefficient (Wildman–Crippen LogP) is 1.77. The average molecular weight is 244 g/mol. The number of morpholine rings is 1. The molecule has 0 bridgehead atoms. The number of rotatable bonds is 2. The number of nitrogens with zero attached hydrogens (tertiary/aromatic N) is 2. The molecule has 0 radical (unpaired) electrons. The third-order valence-corrected chi connectivity index (χ3v) is 3.36. The van der Waals surface area contributed by atoms with Crippen LogP contribution in [0.5, 0.6) is 5.75 Å². The van der Waals surface area contributed by atoms with Crippen molar-refractivity contribution in [3.05, 3.63) is 36.0 Å². The Morgan fingerprint density at radius 3 is 2.89 bits per heavy atom. The van der Waals surface area contributed by atoms with Crippen molar-refractivity contribution in [2.75, 3.05) is 26.3 Å². The van der Waals surface area contributed by atoms with Crippen LogP contribution in [-0.4, -0.2) is 41.3 Å². The fraction of sp³-hybridized carbons (Fsp3) is 0.357. The van der Waals surface area contributed by atoms with Crippen molar-refractivity contribution in [2.24, 2.45) is 0 Å². The lowest BCUT2D eigenvalue weighted by atomic mass is 10.1. The molecule has 1 aliphatic rings. The number of hydrogen-bond donors (Lipinski definition) is 1. The minimum atomic E-state index is 0.349. The van der Waals surface area contributed by atoms with Crippen molar-refractivity contribution < 1.29 is 9.84 Å². The van der Waals surface area contributed by atoms with Crippen LogP contribution in [0, 0.1) is 0 Å². The van der Waals surface area contributed by atoms with Crippen LogP contribution in [0.2, 0.25) is 0 Å². The summed E-state index contributed by atoms with van der Waals surface area (Å²) >= 11 is 0. The number of aromatic nitrogens is 1. The van der Waals surface area contributed by atoms with Crippen molar-refractivity contribution in [1.82, 2.24) is 9.88 Å². The first-order chi connectivity index (χ1) is 8.84. The van der Waals surface area contributed by atoms with Crippen LogP contribution in [0.25, 0.3) is 10.9 Å². The molecule has 2 heterocycles. The zero-order valence-electron chi connectivity index (χ0n) is 10.2. The van der Waals surface area contributed by atoms with Gasteiger partial charge in [-0.2, -0.15) is 0 Å². The van der Waals surface area contributed by atoms with Crippen molar-refractivity contribution in [3.8, 4) is 5.75 Å². The molecule has 1 aliphatic heterocycles. The van der Waals surface area contributed by atoms with Crippen LogP contribution < -0.4 is 0 Å². The van der Waals surface area contributed by atoms with E-state index in [-0.39, 0.29) is 0 Å². The lowest BCUT2D eigenvalue weighted by molar-refractivity contribution is 0.0341. The first-order valence-electron chi connectivity index (χ1n) is 6.20. The number of aromatic hydroxyl groups is 1. The normalized spacial score (nSPS) is 17.1. The highest BCUT2D eigenvalue weighted by Gasteiger charge is 2.15. The van der Waals surface area contributed by atoms with Crippen LogP contribution in [0.3, 0.4) is 0 Å². The molecule has 94 valence electrons. The molecular formula is C14H16N2O2. The van der Waals surface area contributed by atoms with Crippen LogP contribution >= 0.6 is 0 Å². The van der Waals surface area contributed by atoms with Gasteiger partial charge >= 0.3 is 0 Å². The Hall–Kier alpha value is -1.65. The number of hydrogen-bond acceptors (Lipinski definition) is 4. The Labute approximate surface area is 106 Å². The molecule has 1 N–H and O–H groups in total. The minimum Gasteiger partial charge on any atom is -0.508 e. The lowest BCUT2D eigenvalue weighted by Gasteiger charge is -2.27. The summed E-state index contributed by atoms with van der Waals surface area (Å²) in [5.41, 5.74) is 1.89. The molecular weight excluding hydrogens is 228 g/mol. The molecule has 4 heteroatoms. The zero-order chi connectivity index (χ0) is 12.4. The van der Waals surface area contributed by atoms with E-state index in [1.165, 1.54) is 0 Å². The fourth-order valence-electron chi connectivity index (χ4n) is 2.35. The maximum absolute atomic E-state index is 10.1. The second-order valence-electron chi connectivity index (χ2n) is 4.52. The predicted molar refractivity (Wildman–Crippen MR) is 69.5 cm³/mol. The van der Waals surface area contributed by atoms with Crippen molar-refractivity contribution >= 4 is 10.9 Å². The summed E-state index contributed by atoms with van der Waals surface area (Å²) in [5, 5.41) is 11.1.